The van der Waals surface area contributed by atoms with Crippen LogP contribution in [0.15, 0.2) is 53.6 Å². The molecule has 0 saturated heterocycles. The number of aromatic nitrogens is 5. The zero-order valence-electron chi connectivity index (χ0n) is 21.0. The summed E-state index contributed by atoms with van der Waals surface area (Å²) in [7, 11) is 0. The van der Waals surface area contributed by atoms with Gasteiger partial charge in [-0.15, -0.1) is 21.5 Å². The van der Waals surface area contributed by atoms with Crippen molar-refractivity contribution in [1.29, 1.82) is 0 Å². The number of nitrogens with one attached hydrogen (secondary N) is 2. The number of benzene rings is 1. The average molecular weight is 589 g/mol. The molecule has 0 saturated carbocycles. The molecule has 13 nitrogen and oxygen atoms in total. The molecule has 5 aromatic rings. The van der Waals surface area contributed by atoms with E-state index >= 15 is 0 Å². The number of fused-ring (bicyclic) bond motifs is 2. The molecule has 1 atom stereocenters. The van der Waals surface area contributed by atoms with Gasteiger partial charge in [0.05, 0.1) is 18.3 Å². The van der Waals surface area contributed by atoms with E-state index in [1.807, 2.05) is 6.07 Å². The topological polar surface area (TPSA) is 195 Å². The number of nitrogens with two attached hydrogens (primary N) is 1. The summed E-state index contributed by atoms with van der Waals surface area (Å²) in [6, 6.07) is 9.16. The van der Waals surface area contributed by atoms with Gasteiger partial charge in [-0.2, -0.15) is 0 Å². The first-order valence-corrected chi connectivity index (χ1v) is 13.9. The Bertz CT molecular complexity index is 1910. The maximum absolute atomic E-state index is 13.3. The number of carboxylic acids is 1. The SMILES string of the molecule is Nc1cc2sc(CNC(=O)[C@@H]3CCc4ncc(NC(=O)c5nnc(-c6ccccc6C(=O)O)s5)c(=O)n43)cc2cn1. The first-order valence-electron chi connectivity index (χ1n) is 12.3. The number of hydrogen-bond donors (Lipinski definition) is 4. The molecule has 1 aliphatic heterocycles. The number of aryl methyl sites for hydroxylation is 1. The summed E-state index contributed by atoms with van der Waals surface area (Å²) < 4.78 is 2.26. The second-order valence-corrected chi connectivity index (χ2v) is 11.3. The minimum Gasteiger partial charge on any atom is -0.478 e. The molecule has 0 spiro atoms. The van der Waals surface area contributed by atoms with Gasteiger partial charge in [0.2, 0.25) is 10.9 Å². The van der Waals surface area contributed by atoms with Crippen LogP contribution in [0.5, 0.6) is 0 Å². The van der Waals surface area contributed by atoms with Crippen molar-refractivity contribution in [1.82, 2.24) is 30.0 Å². The predicted molar refractivity (Wildman–Crippen MR) is 152 cm³/mol. The molecule has 6 rings (SSSR count). The number of anilines is 2. The van der Waals surface area contributed by atoms with E-state index in [1.165, 1.54) is 28.2 Å². The van der Waals surface area contributed by atoms with E-state index in [0.29, 0.717) is 30.0 Å². The molecule has 0 unspecified atom stereocenters. The summed E-state index contributed by atoms with van der Waals surface area (Å²) in [5.74, 6) is -1.32. The third-order valence-electron chi connectivity index (χ3n) is 6.49. The van der Waals surface area contributed by atoms with Crippen molar-refractivity contribution in [2.45, 2.75) is 25.4 Å². The molecule has 4 aromatic heterocycles. The van der Waals surface area contributed by atoms with Crippen molar-refractivity contribution in [2.24, 2.45) is 0 Å². The van der Waals surface area contributed by atoms with Crippen LogP contribution in [0.1, 0.15) is 43.3 Å². The van der Waals surface area contributed by atoms with Gasteiger partial charge in [-0.3, -0.25) is 19.0 Å². The summed E-state index contributed by atoms with van der Waals surface area (Å²) in [5.41, 5.74) is 5.41. The molecule has 1 aromatic carbocycles. The van der Waals surface area contributed by atoms with Crippen molar-refractivity contribution < 1.29 is 19.5 Å². The van der Waals surface area contributed by atoms with Crippen LogP contribution in [-0.2, 0) is 17.8 Å². The molecular formula is C26H20N8O5S2. The Balaban J connectivity index is 1.17. The van der Waals surface area contributed by atoms with Crippen molar-refractivity contribution in [2.75, 3.05) is 11.1 Å². The molecule has 0 radical (unpaired) electrons. The molecule has 0 bridgehead atoms. The van der Waals surface area contributed by atoms with Gasteiger partial charge in [0.1, 0.15) is 28.4 Å². The standard InChI is InChI=1S/C26H20N8O5S2/c27-19-8-18-12(9-28-19)7-13(40-18)10-30-21(35)17-5-6-20-29-11-16(25(37)34(17)20)31-22(36)24-33-32-23(41-24)14-3-1-2-4-15(14)26(38)39/h1-4,7-9,11,17H,5-6,10H2,(H2,27,28)(H,30,35)(H,31,36)(H,38,39)/t17-/m0/s1. The maximum Gasteiger partial charge on any atom is 0.336 e. The molecular weight excluding hydrogens is 568 g/mol. The maximum atomic E-state index is 13.3. The highest BCUT2D eigenvalue weighted by atomic mass is 32.1. The zero-order chi connectivity index (χ0) is 28.7. The Morgan fingerprint density at radius 3 is 2.76 bits per heavy atom. The number of carboxylic acid groups (broad SMARTS) is 1. The number of nitrogen functional groups attached to an aromatic ring is 1. The van der Waals surface area contributed by atoms with Crippen LogP contribution >= 0.6 is 22.7 Å². The number of thiophene rings is 1. The van der Waals surface area contributed by atoms with E-state index < -0.39 is 23.5 Å². The number of carbonyl (C=O) groups is 3. The number of carbonyl (C=O) groups excluding carboxylic acids is 2. The molecule has 15 heteroatoms. The molecule has 2 amide bonds. The molecule has 0 fully saturated rings. The lowest BCUT2D eigenvalue weighted by molar-refractivity contribution is -0.124. The monoisotopic (exact) mass is 588 g/mol. The summed E-state index contributed by atoms with van der Waals surface area (Å²) in [4.78, 5) is 60.2. The number of amides is 2. The Labute approximate surface area is 238 Å². The minimum absolute atomic E-state index is 0.0232. The van der Waals surface area contributed by atoms with E-state index in [0.717, 1.165) is 26.3 Å². The molecule has 5 N–H and O–H groups in total. The van der Waals surface area contributed by atoms with E-state index in [1.54, 1.807) is 30.5 Å². The van der Waals surface area contributed by atoms with Crippen molar-refractivity contribution in [3.05, 3.63) is 80.4 Å². The highest BCUT2D eigenvalue weighted by Gasteiger charge is 2.31. The van der Waals surface area contributed by atoms with Gasteiger partial charge in [0.25, 0.3) is 11.5 Å². The van der Waals surface area contributed by atoms with Gasteiger partial charge in [-0.05, 0) is 24.6 Å². The Morgan fingerprint density at radius 2 is 1.93 bits per heavy atom. The lowest BCUT2D eigenvalue weighted by Crippen LogP contribution is -2.36. The second-order valence-electron chi connectivity index (χ2n) is 9.11. The normalized spacial score (nSPS) is 14.1. The quantitative estimate of drug-likeness (QED) is 0.219. The largest absolute Gasteiger partial charge is 0.478 e. The molecule has 41 heavy (non-hydrogen) atoms. The van der Waals surface area contributed by atoms with Gasteiger partial charge >= 0.3 is 5.97 Å². The first kappa shape index (κ1) is 26.2. The number of pyridine rings is 1. The van der Waals surface area contributed by atoms with Crippen LogP contribution in [0.25, 0.3) is 20.7 Å². The Morgan fingerprint density at radius 1 is 1.10 bits per heavy atom. The number of nitrogens with zero attached hydrogens (tertiary/aromatic N) is 5. The van der Waals surface area contributed by atoms with Gasteiger partial charge < -0.3 is 21.5 Å². The van der Waals surface area contributed by atoms with E-state index in [4.69, 9.17) is 5.73 Å². The Kier molecular flexibility index (Phi) is 6.72. The van der Waals surface area contributed by atoms with Crippen LogP contribution in [0.3, 0.4) is 0 Å². The third kappa shape index (κ3) is 5.03. The molecule has 0 aliphatic carbocycles. The van der Waals surface area contributed by atoms with Gasteiger partial charge in [0.15, 0.2) is 0 Å². The van der Waals surface area contributed by atoms with Gasteiger partial charge in [-0.1, -0.05) is 29.5 Å². The number of hydrogen-bond acceptors (Lipinski definition) is 11. The van der Waals surface area contributed by atoms with E-state index in [-0.39, 0.29) is 33.7 Å². The van der Waals surface area contributed by atoms with Crippen molar-refractivity contribution in [3.8, 4) is 10.6 Å². The van der Waals surface area contributed by atoms with Crippen molar-refractivity contribution in [3.63, 3.8) is 0 Å². The fourth-order valence-electron chi connectivity index (χ4n) is 4.58. The smallest absolute Gasteiger partial charge is 0.336 e. The molecule has 1 aliphatic rings. The van der Waals surface area contributed by atoms with Crippen LogP contribution in [0.2, 0.25) is 0 Å². The van der Waals surface area contributed by atoms with Gasteiger partial charge in [0, 0.05) is 33.1 Å². The lowest BCUT2D eigenvalue weighted by atomic mass is 10.1. The molecule has 206 valence electrons. The van der Waals surface area contributed by atoms with Crippen molar-refractivity contribution >= 4 is 62.0 Å². The molecule has 5 heterocycles. The second kappa shape index (κ2) is 10.5. The summed E-state index contributed by atoms with van der Waals surface area (Å²) >= 11 is 2.38. The third-order valence-corrected chi connectivity index (χ3v) is 8.54. The Hall–Kier alpha value is -5.02. The number of rotatable bonds is 7. The van der Waals surface area contributed by atoms with Gasteiger partial charge in [-0.25, -0.2) is 14.8 Å². The van der Waals surface area contributed by atoms with Crippen LogP contribution < -0.4 is 21.9 Å². The fraction of sp³-hybridized carbons (Fsp3) is 0.154. The summed E-state index contributed by atoms with van der Waals surface area (Å²) in [6.07, 6.45) is 3.75. The van der Waals surface area contributed by atoms with Crippen LogP contribution in [0, 0.1) is 0 Å². The predicted octanol–water partition coefficient (Wildman–Crippen LogP) is 2.71. The minimum atomic E-state index is -1.14. The highest BCUT2D eigenvalue weighted by Crippen LogP contribution is 2.29. The summed E-state index contributed by atoms with van der Waals surface area (Å²) in [6.45, 7) is 0.271. The average Bonchev–Trinajstić information content (AvgIpc) is 3.71. The van der Waals surface area contributed by atoms with E-state index in [2.05, 4.69) is 30.8 Å². The first-order chi connectivity index (χ1) is 19.8. The lowest BCUT2D eigenvalue weighted by Gasteiger charge is -2.15. The highest BCUT2D eigenvalue weighted by molar-refractivity contribution is 7.19. The van der Waals surface area contributed by atoms with Crippen LogP contribution in [0.4, 0.5) is 11.5 Å². The number of aromatic carboxylic acids is 1. The zero-order valence-corrected chi connectivity index (χ0v) is 22.7. The van der Waals surface area contributed by atoms with Crippen LogP contribution in [-0.4, -0.2) is 47.6 Å². The summed E-state index contributed by atoms with van der Waals surface area (Å²) in [5, 5.41) is 23.8. The fourth-order valence-corrected chi connectivity index (χ4v) is 6.38. The van der Waals surface area contributed by atoms with E-state index in [9.17, 15) is 24.3 Å².